The van der Waals surface area contributed by atoms with Gasteiger partial charge in [-0.05, 0) is 18.9 Å². The predicted molar refractivity (Wildman–Crippen MR) is 76.9 cm³/mol. The van der Waals surface area contributed by atoms with Gasteiger partial charge in [0, 0.05) is 12.1 Å². The van der Waals surface area contributed by atoms with E-state index in [-0.39, 0.29) is 10.9 Å². The van der Waals surface area contributed by atoms with Crippen molar-refractivity contribution in [2.75, 3.05) is 0 Å². The van der Waals surface area contributed by atoms with Gasteiger partial charge in [0.15, 0.2) is 4.90 Å². The molecule has 0 spiro atoms. The van der Waals surface area contributed by atoms with Crippen LogP contribution < -0.4 is 4.72 Å². The zero-order valence-corrected chi connectivity index (χ0v) is 12.1. The molecule has 0 aliphatic carbocycles. The van der Waals surface area contributed by atoms with Crippen molar-refractivity contribution >= 4 is 15.7 Å². The fraction of sp³-hybridized carbons (Fsp3) is 0.385. The van der Waals surface area contributed by atoms with Crippen molar-refractivity contribution in [1.29, 1.82) is 0 Å². The number of nitrogens with zero attached hydrogens (tertiary/aromatic N) is 1. The molecule has 0 amide bonds. The predicted octanol–water partition coefficient (Wildman–Crippen LogP) is 2.62. The molecule has 6 nitrogen and oxygen atoms in total. The quantitative estimate of drug-likeness (QED) is 0.454. The molecule has 1 aromatic rings. The van der Waals surface area contributed by atoms with Crippen LogP contribution in [-0.4, -0.2) is 19.4 Å². The fourth-order valence-corrected chi connectivity index (χ4v) is 3.35. The molecular weight excluding hydrogens is 280 g/mol. The maximum absolute atomic E-state index is 12.3. The first kappa shape index (κ1) is 16.3. The number of hydrogen-bond acceptors (Lipinski definition) is 4. The number of nitrogens with one attached hydrogen (secondary N) is 1. The third-order valence-corrected chi connectivity index (χ3v) is 4.33. The molecule has 20 heavy (non-hydrogen) atoms. The fourth-order valence-electron chi connectivity index (χ4n) is 1.89. The summed E-state index contributed by atoms with van der Waals surface area (Å²) >= 11 is 0. The van der Waals surface area contributed by atoms with Gasteiger partial charge in [0.05, 0.1) is 4.92 Å². The summed E-state index contributed by atoms with van der Waals surface area (Å²) in [6.07, 6.45) is 3.56. The van der Waals surface area contributed by atoms with Gasteiger partial charge in [0.1, 0.15) is 0 Å². The SMILES string of the molecule is C=CCC(CCC)NS(=O)(=O)c1ccccc1[N+](=O)[O-]. The van der Waals surface area contributed by atoms with E-state index in [0.29, 0.717) is 12.8 Å². The molecule has 0 aliphatic rings. The summed E-state index contributed by atoms with van der Waals surface area (Å²) in [5.74, 6) is 0. The molecule has 0 aliphatic heterocycles. The Hall–Kier alpha value is -1.73. The van der Waals surface area contributed by atoms with Crippen LogP contribution in [0.3, 0.4) is 0 Å². The van der Waals surface area contributed by atoms with E-state index >= 15 is 0 Å². The molecule has 0 bridgehead atoms. The number of rotatable bonds is 8. The minimum absolute atomic E-state index is 0.303. The summed E-state index contributed by atoms with van der Waals surface area (Å²) in [5.41, 5.74) is -0.422. The Morgan fingerprint density at radius 2 is 2.10 bits per heavy atom. The van der Waals surface area contributed by atoms with Crippen molar-refractivity contribution in [3.63, 3.8) is 0 Å². The van der Waals surface area contributed by atoms with Crippen LogP contribution in [0.15, 0.2) is 41.8 Å². The minimum atomic E-state index is -3.92. The van der Waals surface area contributed by atoms with E-state index in [4.69, 9.17) is 0 Å². The molecule has 0 saturated carbocycles. The summed E-state index contributed by atoms with van der Waals surface area (Å²) in [4.78, 5) is 9.90. The van der Waals surface area contributed by atoms with Crippen LogP contribution >= 0.6 is 0 Å². The molecule has 1 atom stereocenters. The van der Waals surface area contributed by atoms with Crippen LogP contribution in [0.1, 0.15) is 26.2 Å². The lowest BCUT2D eigenvalue weighted by molar-refractivity contribution is -0.387. The second kappa shape index (κ2) is 7.16. The Morgan fingerprint density at radius 1 is 1.45 bits per heavy atom. The number of nitro groups is 1. The number of para-hydroxylation sites is 1. The molecule has 1 aromatic carbocycles. The van der Waals surface area contributed by atoms with Gasteiger partial charge in [0.2, 0.25) is 10.0 Å². The van der Waals surface area contributed by atoms with Gasteiger partial charge >= 0.3 is 0 Å². The van der Waals surface area contributed by atoms with Crippen LogP contribution in [0, 0.1) is 10.1 Å². The van der Waals surface area contributed by atoms with E-state index in [1.807, 2.05) is 6.92 Å². The molecule has 7 heteroatoms. The van der Waals surface area contributed by atoms with Crippen LogP contribution in [0.25, 0.3) is 0 Å². The van der Waals surface area contributed by atoms with E-state index in [1.165, 1.54) is 24.3 Å². The van der Waals surface area contributed by atoms with Gasteiger partial charge in [-0.15, -0.1) is 6.58 Å². The van der Waals surface area contributed by atoms with Crippen molar-refractivity contribution in [3.8, 4) is 0 Å². The van der Waals surface area contributed by atoms with Crippen LogP contribution in [0.5, 0.6) is 0 Å². The monoisotopic (exact) mass is 298 g/mol. The normalized spacial score (nSPS) is 12.8. The summed E-state index contributed by atoms with van der Waals surface area (Å²) in [7, 11) is -3.92. The maximum Gasteiger partial charge on any atom is 0.289 e. The molecule has 0 aromatic heterocycles. The molecule has 0 saturated heterocycles. The van der Waals surface area contributed by atoms with Crippen LogP contribution in [-0.2, 0) is 10.0 Å². The molecule has 1 unspecified atom stereocenters. The minimum Gasteiger partial charge on any atom is -0.258 e. The Bertz CT molecular complexity index is 584. The summed E-state index contributed by atoms with van der Waals surface area (Å²) in [5, 5.41) is 10.9. The average Bonchev–Trinajstić information content (AvgIpc) is 2.39. The van der Waals surface area contributed by atoms with E-state index in [9.17, 15) is 18.5 Å². The smallest absolute Gasteiger partial charge is 0.258 e. The molecule has 110 valence electrons. The molecule has 1 N–H and O–H groups in total. The lowest BCUT2D eigenvalue weighted by Crippen LogP contribution is -2.34. The topological polar surface area (TPSA) is 89.3 Å². The molecule has 0 heterocycles. The second-order valence-electron chi connectivity index (χ2n) is 4.36. The largest absolute Gasteiger partial charge is 0.289 e. The van der Waals surface area contributed by atoms with Gasteiger partial charge in [-0.25, -0.2) is 13.1 Å². The molecular formula is C13H18N2O4S. The highest BCUT2D eigenvalue weighted by Gasteiger charge is 2.26. The number of hydrogen-bond donors (Lipinski definition) is 1. The molecule has 1 rings (SSSR count). The Balaban J connectivity index is 3.10. The Kier molecular flexibility index (Phi) is 5.84. The van der Waals surface area contributed by atoms with Crippen molar-refractivity contribution in [2.24, 2.45) is 0 Å². The number of benzene rings is 1. The highest BCUT2D eigenvalue weighted by Crippen LogP contribution is 2.23. The molecule has 0 radical (unpaired) electrons. The van der Waals surface area contributed by atoms with Crippen molar-refractivity contribution < 1.29 is 13.3 Å². The van der Waals surface area contributed by atoms with E-state index in [0.717, 1.165) is 6.42 Å². The van der Waals surface area contributed by atoms with E-state index < -0.39 is 20.6 Å². The van der Waals surface area contributed by atoms with E-state index in [1.54, 1.807) is 6.08 Å². The first-order valence-electron chi connectivity index (χ1n) is 6.29. The molecule has 0 fully saturated rings. The summed E-state index contributed by atoms with van der Waals surface area (Å²) < 4.78 is 27.0. The Labute approximate surface area is 118 Å². The van der Waals surface area contributed by atoms with Gasteiger partial charge < -0.3 is 0 Å². The van der Waals surface area contributed by atoms with Crippen molar-refractivity contribution in [3.05, 3.63) is 47.0 Å². The second-order valence-corrected chi connectivity index (χ2v) is 6.04. The summed E-state index contributed by atoms with van der Waals surface area (Å²) in [6.45, 7) is 5.53. The number of nitro benzene ring substituents is 1. The van der Waals surface area contributed by atoms with Crippen molar-refractivity contribution in [2.45, 2.75) is 37.1 Å². The van der Waals surface area contributed by atoms with Crippen LogP contribution in [0.2, 0.25) is 0 Å². The standard InChI is InChI=1S/C13H18N2O4S/c1-3-7-11(8-4-2)14-20(18,19)13-10-6-5-9-12(13)15(16)17/h3,5-6,9-11,14H,1,4,7-8H2,2H3. The van der Waals surface area contributed by atoms with Gasteiger partial charge in [-0.3, -0.25) is 10.1 Å². The van der Waals surface area contributed by atoms with Crippen molar-refractivity contribution in [1.82, 2.24) is 4.72 Å². The first-order valence-corrected chi connectivity index (χ1v) is 7.77. The lowest BCUT2D eigenvalue weighted by Gasteiger charge is -2.16. The third kappa shape index (κ3) is 4.14. The summed E-state index contributed by atoms with van der Waals surface area (Å²) in [6, 6.07) is 5.00. The lowest BCUT2D eigenvalue weighted by atomic mass is 10.1. The van der Waals surface area contributed by atoms with Gasteiger partial charge in [-0.2, -0.15) is 0 Å². The zero-order chi connectivity index (χ0) is 15.2. The zero-order valence-electron chi connectivity index (χ0n) is 11.3. The average molecular weight is 298 g/mol. The third-order valence-electron chi connectivity index (χ3n) is 2.76. The highest BCUT2D eigenvalue weighted by atomic mass is 32.2. The van der Waals surface area contributed by atoms with Gasteiger partial charge in [0.25, 0.3) is 5.69 Å². The Morgan fingerprint density at radius 3 is 2.65 bits per heavy atom. The van der Waals surface area contributed by atoms with Gasteiger partial charge in [-0.1, -0.05) is 31.6 Å². The maximum atomic E-state index is 12.3. The first-order chi connectivity index (χ1) is 9.42. The highest BCUT2D eigenvalue weighted by molar-refractivity contribution is 7.89. The number of sulfonamides is 1. The van der Waals surface area contributed by atoms with E-state index in [2.05, 4.69) is 11.3 Å². The van der Waals surface area contributed by atoms with Crippen LogP contribution in [0.4, 0.5) is 5.69 Å².